The van der Waals surface area contributed by atoms with Crippen LogP contribution < -0.4 is 0 Å². The third kappa shape index (κ3) is 3.65. The van der Waals surface area contributed by atoms with Crippen LogP contribution in [-0.2, 0) is 19.0 Å². The van der Waals surface area contributed by atoms with Gasteiger partial charge in [-0.25, -0.2) is 0 Å². The van der Waals surface area contributed by atoms with Gasteiger partial charge in [-0.05, 0) is 43.4 Å². The van der Waals surface area contributed by atoms with Crippen LogP contribution in [0.25, 0.3) is 0 Å². The molecule has 4 rings (SSSR count). The van der Waals surface area contributed by atoms with E-state index in [0.717, 1.165) is 44.8 Å². The number of amides is 1. The highest BCUT2D eigenvalue weighted by atomic mass is 19.4. The van der Waals surface area contributed by atoms with Crippen LogP contribution in [0.5, 0.6) is 0 Å². The number of aromatic nitrogens is 2. The molecule has 2 heterocycles. The van der Waals surface area contributed by atoms with Crippen molar-refractivity contribution in [2.24, 2.45) is 0 Å². The zero-order valence-electron chi connectivity index (χ0n) is 15.7. The van der Waals surface area contributed by atoms with Gasteiger partial charge in [-0.2, -0.15) is 18.3 Å². The molecule has 0 saturated carbocycles. The molecule has 2 aromatic rings. The van der Waals surface area contributed by atoms with Gasteiger partial charge in [-0.15, -0.1) is 0 Å². The fourth-order valence-electron chi connectivity index (χ4n) is 4.35. The van der Waals surface area contributed by atoms with Crippen molar-refractivity contribution in [1.82, 2.24) is 20.0 Å². The quantitative estimate of drug-likeness (QED) is 0.873. The number of hydrogen-bond acceptors (Lipinski definition) is 3. The van der Waals surface area contributed by atoms with Crippen LogP contribution in [0, 0.1) is 0 Å². The van der Waals surface area contributed by atoms with Crippen molar-refractivity contribution in [3.05, 3.63) is 52.8 Å². The number of carbonyl (C=O) groups is 1. The van der Waals surface area contributed by atoms with Crippen molar-refractivity contribution in [2.45, 2.75) is 43.9 Å². The number of likely N-dealkylation sites (tertiary alicyclic amines) is 1. The third-order valence-corrected chi connectivity index (χ3v) is 5.94. The Balaban J connectivity index is 1.41. The SMILES string of the molecule is CN(C(=O)c1cc(C(F)(F)F)[nH]n1)C1CCCN(C2Cc3ccccc3C2)C1. The van der Waals surface area contributed by atoms with Crippen LogP contribution in [0.15, 0.2) is 30.3 Å². The van der Waals surface area contributed by atoms with Gasteiger partial charge in [0.05, 0.1) is 0 Å². The summed E-state index contributed by atoms with van der Waals surface area (Å²) in [7, 11) is 1.65. The monoisotopic (exact) mass is 392 g/mol. The summed E-state index contributed by atoms with van der Waals surface area (Å²) in [6.45, 7) is 1.72. The van der Waals surface area contributed by atoms with E-state index >= 15 is 0 Å². The highest BCUT2D eigenvalue weighted by Gasteiger charge is 2.36. The molecule has 0 radical (unpaired) electrons. The molecule has 1 aliphatic carbocycles. The Morgan fingerprint density at radius 3 is 2.54 bits per heavy atom. The second-order valence-electron chi connectivity index (χ2n) is 7.70. The van der Waals surface area contributed by atoms with Crippen LogP contribution in [0.3, 0.4) is 0 Å². The predicted molar refractivity (Wildman–Crippen MR) is 97.9 cm³/mol. The molecule has 1 aromatic carbocycles. The molecule has 2 aliphatic rings. The largest absolute Gasteiger partial charge is 0.432 e. The number of fused-ring (bicyclic) bond motifs is 1. The lowest BCUT2D eigenvalue weighted by atomic mass is 10.0. The first-order valence-electron chi connectivity index (χ1n) is 9.53. The molecule has 1 aromatic heterocycles. The lowest BCUT2D eigenvalue weighted by Crippen LogP contribution is -2.51. The number of nitrogens with one attached hydrogen (secondary N) is 1. The number of piperidine rings is 1. The molecule has 1 atom stereocenters. The summed E-state index contributed by atoms with van der Waals surface area (Å²) in [6.07, 6.45) is -0.717. The van der Waals surface area contributed by atoms with Gasteiger partial charge >= 0.3 is 6.18 Å². The summed E-state index contributed by atoms with van der Waals surface area (Å²) in [5.74, 6) is -0.478. The van der Waals surface area contributed by atoms with E-state index in [9.17, 15) is 18.0 Å². The predicted octanol–water partition coefficient (Wildman–Crippen LogP) is 3.13. The number of alkyl halides is 3. The lowest BCUT2D eigenvalue weighted by molar-refractivity contribution is -0.141. The summed E-state index contributed by atoms with van der Waals surface area (Å²) in [5.41, 5.74) is 1.57. The molecule has 1 fully saturated rings. The maximum absolute atomic E-state index is 12.8. The Morgan fingerprint density at radius 2 is 1.93 bits per heavy atom. The molecule has 5 nitrogen and oxygen atoms in total. The highest BCUT2D eigenvalue weighted by molar-refractivity contribution is 5.92. The van der Waals surface area contributed by atoms with E-state index in [0.29, 0.717) is 6.04 Å². The molecule has 0 spiro atoms. The number of likely N-dealkylation sites (N-methyl/N-ethyl adjacent to an activating group) is 1. The summed E-state index contributed by atoms with van der Waals surface area (Å²) in [6, 6.07) is 9.64. The molecule has 1 aliphatic heterocycles. The number of halogens is 3. The van der Waals surface area contributed by atoms with Crippen molar-refractivity contribution in [1.29, 1.82) is 0 Å². The van der Waals surface area contributed by atoms with Gasteiger partial charge in [-0.3, -0.25) is 14.8 Å². The van der Waals surface area contributed by atoms with E-state index in [1.54, 1.807) is 11.9 Å². The van der Waals surface area contributed by atoms with Crippen LogP contribution in [0.2, 0.25) is 0 Å². The topological polar surface area (TPSA) is 52.2 Å². The van der Waals surface area contributed by atoms with Crippen molar-refractivity contribution in [3.63, 3.8) is 0 Å². The molecule has 0 bridgehead atoms. The smallest absolute Gasteiger partial charge is 0.336 e. The fraction of sp³-hybridized carbons (Fsp3) is 0.500. The van der Waals surface area contributed by atoms with Crippen LogP contribution in [0.1, 0.15) is 40.2 Å². The number of hydrogen-bond donors (Lipinski definition) is 1. The number of H-pyrrole nitrogens is 1. The standard InChI is InChI=1S/C20H23F3N4O/c1-26(19(28)17-11-18(25-24-17)20(21,22)23)15-7-4-8-27(12-15)16-9-13-5-2-3-6-14(13)10-16/h2-3,5-6,11,15-16H,4,7-10,12H2,1H3,(H,24,25). The Labute approximate surface area is 161 Å². The van der Waals surface area contributed by atoms with Gasteiger partial charge in [-0.1, -0.05) is 24.3 Å². The first kappa shape index (κ1) is 19.0. The zero-order chi connectivity index (χ0) is 19.9. The average molecular weight is 392 g/mol. The van der Waals surface area contributed by atoms with Gasteiger partial charge in [0.15, 0.2) is 5.69 Å². The minimum atomic E-state index is -4.54. The number of benzene rings is 1. The fourth-order valence-corrected chi connectivity index (χ4v) is 4.35. The zero-order valence-corrected chi connectivity index (χ0v) is 15.7. The lowest BCUT2D eigenvalue weighted by Gasteiger charge is -2.40. The molecule has 1 N–H and O–H groups in total. The van der Waals surface area contributed by atoms with E-state index in [1.807, 2.05) is 5.10 Å². The average Bonchev–Trinajstić information content (AvgIpc) is 3.34. The van der Waals surface area contributed by atoms with E-state index in [-0.39, 0.29) is 11.7 Å². The van der Waals surface area contributed by atoms with Crippen molar-refractivity contribution in [3.8, 4) is 0 Å². The van der Waals surface area contributed by atoms with Crippen LogP contribution in [0.4, 0.5) is 13.2 Å². The van der Waals surface area contributed by atoms with Crippen molar-refractivity contribution >= 4 is 5.91 Å². The Hall–Kier alpha value is -2.35. The van der Waals surface area contributed by atoms with E-state index in [1.165, 1.54) is 11.1 Å². The second-order valence-corrected chi connectivity index (χ2v) is 7.70. The maximum Gasteiger partial charge on any atom is 0.432 e. The Bertz CT molecular complexity index is 838. The maximum atomic E-state index is 12.8. The Kier molecular flexibility index (Phi) is 4.91. The van der Waals surface area contributed by atoms with Gasteiger partial charge in [0.25, 0.3) is 5.91 Å². The van der Waals surface area contributed by atoms with Gasteiger partial charge < -0.3 is 4.90 Å². The third-order valence-electron chi connectivity index (χ3n) is 5.94. The molecule has 150 valence electrons. The molecule has 1 amide bonds. The minimum absolute atomic E-state index is 0.0315. The summed E-state index contributed by atoms with van der Waals surface area (Å²) < 4.78 is 38.3. The summed E-state index contributed by atoms with van der Waals surface area (Å²) >= 11 is 0. The molecule has 28 heavy (non-hydrogen) atoms. The minimum Gasteiger partial charge on any atom is -0.336 e. The molecule has 8 heteroatoms. The van der Waals surface area contributed by atoms with Crippen LogP contribution in [-0.4, -0.2) is 58.1 Å². The summed E-state index contributed by atoms with van der Waals surface area (Å²) in [5, 5.41) is 5.49. The number of nitrogens with zero attached hydrogens (tertiary/aromatic N) is 3. The van der Waals surface area contributed by atoms with E-state index in [2.05, 4.69) is 34.3 Å². The normalized spacial score (nSPS) is 20.9. The van der Waals surface area contributed by atoms with Gasteiger partial charge in [0.1, 0.15) is 5.69 Å². The molecule has 1 saturated heterocycles. The first-order chi connectivity index (χ1) is 13.3. The van der Waals surface area contributed by atoms with Crippen LogP contribution >= 0.6 is 0 Å². The van der Waals surface area contributed by atoms with Gasteiger partial charge in [0, 0.05) is 31.7 Å². The molecular weight excluding hydrogens is 369 g/mol. The van der Waals surface area contributed by atoms with E-state index in [4.69, 9.17) is 0 Å². The second kappa shape index (κ2) is 7.24. The molecular formula is C20H23F3N4O. The number of carbonyl (C=O) groups excluding carboxylic acids is 1. The number of rotatable bonds is 3. The molecule has 1 unspecified atom stereocenters. The number of aromatic amines is 1. The van der Waals surface area contributed by atoms with Crippen molar-refractivity contribution in [2.75, 3.05) is 20.1 Å². The van der Waals surface area contributed by atoms with Gasteiger partial charge in [0.2, 0.25) is 0 Å². The van der Waals surface area contributed by atoms with E-state index < -0.39 is 17.8 Å². The summed E-state index contributed by atoms with van der Waals surface area (Å²) in [4.78, 5) is 16.6. The Morgan fingerprint density at radius 1 is 1.25 bits per heavy atom. The van der Waals surface area contributed by atoms with Crippen molar-refractivity contribution < 1.29 is 18.0 Å². The first-order valence-corrected chi connectivity index (χ1v) is 9.53. The highest BCUT2D eigenvalue weighted by Crippen LogP contribution is 2.30.